The lowest BCUT2D eigenvalue weighted by atomic mass is 9.98. The van der Waals surface area contributed by atoms with Crippen LogP contribution in [0, 0.1) is 0 Å². The third-order valence-corrected chi connectivity index (χ3v) is 4.05. The number of carbonyl (C=O) groups is 2. The highest BCUT2D eigenvalue weighted by Crippen LogP contribution is 2.28. The van der Waals surface area contributed by atoms with Gasteiger partial charge in [0.15, 0.2) is 23.6 Å². The number of aromatic nitrogens is 1. The molecule has 0 saturated carbocycles. The Kier molecular flexibility index (Phi) is 4.80. The molecule has 1 aromatic heterocycles. The monoisotopic (exact) mass is 347 g/mol. The van der Waals surface area contributed by atoms with Crippen molar-refractivity contribution < 1.29 is 19.4 Å². The molecule has 0 aliphatic carbocycles. The van der Waals surface area contributed by atoms with E-state index in [4.69, 9.17) is 4.74 Å². The Balaban J connectivity index is 2.04. The number of hydrogen-bond acceptors (Lipinski definition) is 5. The molecule has 0 atom stereocenters. The summed E-state index contributed by atoms with van der Waals surface area (Å²) in [7, 11) is 1.47. The minimum Gasteiger partial charge on any atom is -0.504 e. The summed E-state index contributed by atoms with van der Waals surface area (Å²) in [6.45, 7) is 1.69. The van der Waals surface area contributed by atoms with Crippen LogP contribution in [-0.4, -0.2) is 29.3 Å². The molecule has 0 aliphatic rings. The zero-order chi connectivity index (χ0) is 18.7. The van der Waals surface area contributed by atoms with Crippen molar-refractivity contribution >= 4 is 29.0 Å². The zero-order valence-electron chi connectivity index (χ0n) is 14.4. The van der Waals surface area contributed by atoms with Crippen molar-refractivity contribution in [2.24, 2.45) is 0 Å². The lowest BCUT2D eigenvalue weighted by Gasteiger charge is -2.08. The molecule has 0 saturated heterocycles. The normalized spacial score (nSPS) is 11.4. The molecule has 5 nitrogen and oxygen atoms in total. The number of fused-ring (bicyclic) bond motifs is 1. The summed E-state index contributed by atoms with van der Waals surface area (Å²) in [6, 6.07) is 13.6. The van der Waals surface area contributed by atoms with Gasteiger partial charge in [0.25, 0.3) is 0 Å². The quantitative estimate of drug-likeness (QED) is 0.428. The number of rotatable bonds is 5. The number of phenolic OH excluding ortho intramolecular Hbond substituents is 1. The SMILES string of the molecule is COc1ccc(/C=C(\C)C(=O)c2cc(C=O)nc3ccccc23)cc1O. The number of nitrogens with zero attached hydrogens (tertiary/aromatic N) is 1. The minimum absolute atomic E-state index is 0.000832. The van der Waals surface area contributed by atoms with Gasteiger partial charge < -0.3 is 9.84 Å². The molecule has 0 radical (unpaired) electrons. The molecule has 0 amide bonds. The van der Waals surface area contributed by atoms with E-state index in [1.54, 1.807) is 43.3 Å². The third-order valence-electron chi connectivity index (χ3n) is 4.05. The molecule has 3 aromatic rings. The minimum atomic E-state index is -0.206. The van der Waals surface area contributed by atoms with Crippen LogP contribution in [-0.2, 0) is 0 Å². The highest BCUT2D eigenvalue weighted by Gasteiger charge is 2.14. The van der Waals surface area contributed by atoms with Crippen LogP contribution in [0.5, 0.6) is 11.5 Å². The standard InChI is InChI=1S/C21H17NO4/c1-13(9-14-7-8-20(26-2)19(24)10-14)21(25)17-11-15(12-23)22-18-6-4-3-5-16(17)18/h3-12,24H,1-2H3/b13-9+. The predicted octanol–water partition coefficient (Wildman–Crippen LogP) is 4.05. The van der Waals surface area contributed by atoms with E-state index in [2.05, 4.69) is 4.98 Å². The fourth-order valence-corrected chi connectivity index (χ4v) is 2.77. The number of aromatic hydroxyl groups is 1. The number of phenols is 1. The van der Waals surface area contributed by atoms with Crippen molar-refractivity contribution in [1.82, 2.24) is 4.98 Å². The Hall–Kier alpha value is -3.47. The number of methoxy groups -OCH3 is 1. The molecule has 5 heteroatoms. The highest BCUT2D eigenvalue weighted by atomic mass is 16.5. The summed E-state index contributed by atoms with van der Waals surface area (Å²) in [5.41, 5.74) is 2.37. The molecule has 26 heavy (non-hydrogen) atoms. The first-order valence-electron chi connectivity index (χ1n) is 7.98. The molecule has 2 aromatic carbocycles. The van der Waals surface area contributed by atoms with Crippen molar-refractivity contribution in [1.29, 1.82) is 0 Å². The summed E-state index contributed by atoms with van der Waals surface area (Å²) in [6.07, 6.45) is 2.31. The van der Waals surface area contributed by atoms with Gasteiger partial charge in [-0.1, -0.05) is 24.3 Å². The van der Waals surface area contributed by atoms with Crippen LogP contribution in [0.1, 0.15) is 33.3 Å². The van der Waals surface area contributed by atoms with E-state index in [9.17, 15) is 14.7 Å². The fourth-order valence-electron chi connectivity index (χ4n) is 2.77. The van der Waals surface area contributed by atoms with Crippen LogP contribution in [0.4, 0.5) is 0 Å². The molecule has 130 valence electrons. The summed E-state index contributed by atoms with van der Waals surface area (Å²) in [5, 5.41) is 10.6. The summed E-state index contributed by atoms with van der Waals surface area (Å²) in [4.78, 5) is 28.3. The van der Waals surface area contributed by atoms with E-state index in [1.807, 2.05) is 6.07 Å². The average molecular weight is 347 g/mol. The van der Waals surface area contributed by atoms with Crippen molar-refractivity contribution in [2.45, 2.75) is 6.92 Å². The largest absolute Gasteiger partial charge is 0.504 e. The number of Topliss-reactive ketones (excluding diaryl/α,β-unsaturated/α-hetero) is 1. The van der Waals surface area contributed by atoms with Gasteiger partial charge in [0.05, 0.1) is 12.6 Å². The predicted molar refractivity (Wildman–Crippen MR) is 99.8 cm³/mol. The van der Waals surface area contributed by atoms with Gasteiger partial charge in [-0.25, -0.2) is 4.98 Å². The van der Waals surface area contributed by atoms with Crippen LogP contribution in [0.25, 0.3) is 17.0 Å². The second kappa shape index (κ2) is 7.19. The number of allylic oxidation sites excluding steroid dienone is 1. The Morgan fingerprint density at radius 1 is 1.15 bits per heavy atom. The molecular formula is C21H17NO4. The molecule has 0 bridgehead atoms. The Labute approximate surface area is 150 Å². The summed E-state index contributed by atoms with van der Waals surface area (Å²) in [5.74, 6) is 0.156. The van der Waals surface area contributed by atoms with Gasteiger partial charge in [0.2, 0.25) is 0 Å². The van der Waals surface area contributed by atoms with Crippen LogP contribution >= 0.6 is 0 Å². The zero-order valence-corrected chi connectivity index (χ0v) is 14.4. The maximum Gasteiger partial charge on any atom is 0.189 e. The van der Waals surface area contributed by atoms with Gasteiger partial charge in [-0.2, -0.15) is 0 Å². The van der Waals surface area contributed by atoms with E-state index in [0.29, 0.717) is 39.6 Å². The van der Waals surface area contributed by atoms with E-state index in [0.717, 1.165) is 0 Å². The number of ketones is 1. The molecule has 0 aliphatic heterocycles. The van der Waals surface area contributed by atoms with Crippen LogP contribution in [0.3, 0.4) is 0 Å². The molecule has 3 rings (SSSR count). The maximum atomic E-state index is 12.9. The number of ether oxygens (including phenoxy) is 1. The maximum absolute atomic E-state index is 12.9. The van der Waals surface area contributed by atoms with Crippen LogP contribution in [0.2, 0.25) is 0 Å². The van der Waals surface area contributed by atoms with Gasteiger partial charge in [-0.3, -0.25) is 9.59 Å². The van der Waals surface area contributed by atoms with Crippen molar-refractivity contribution in [3.05, 3.63) is 70.9 Å². The van der Waals surface area contributed by atoms with E-state index in [1.165, 1.54) is 19.2 Å². The molecule has 0 fully saturated rings. The van der Waals surface area contributed by atoms with E-state index >= 15 is 0 Å². The number of para-hydroxylation sites is 1. The Morgan fingerprint density at radius 2 is 1.92 bits per heavy atom. The van der Waals surface area contributed by atoms with Gasteiger partial charge in [0, 0.05) is 10.9 Å². The first-order chi connectivity index (χ1) is 12.5. The van der Waals surface area contributed by atoms with Gasteiger partial charge in [-0.15, -0.1) is 0 Å². The summed E-state index contributed by atoms with van der Waals surface area (Å²) < 4.78 is 5.02. The highest BCUT2D eigenvalue weighted by molar-refractivity contribution is 6.17. The molecule has 0 spiro atoms. The lowest BCUT2D eigenvalue weighted by molar-refractivity contribution is 0.103. The first kappa shape index (κ1) is 17.4. The number of pyridine rings is 1. The van der Waals surface area contributed by atoms with Gasteiger partial charge in [0.1, 0.15) is 5.69 Å². The van der Waals surface area contributed by atoms with Crippen molar-refractivity contribution in [2.75, 3.05) is 7.11 Å². The number of hydrogen-bond donors (Lipinski definition) is 1. The second-order valence-electron chi connectivity index (χ2n) is 5.82. The molecular weight excluding hydrogens is 330 g/mol. The summed E-state index contributed by atoms with van der Waals surface area (Å²) >= 11 is 0. The van der Waals surface area contributed by atoms with Crippen LogP contribution < -0.4 is 4.74 Å². The first-order valence-corrected chi connectivity index (χ1v) is 7.98. The Morgan fingerprint density at radius 3 is 2.62 bits per heavy atom. The van der Waals surface area contributed by atoms with Gasteiger partial charge >= 0.3 is 0 Å². The van der Waals surface area contributed by atoms with Crippen molar-refractivity contribution in [3.63, 3.8) is 0 Å². The Bertz CT molecular complexity index is 1040. The second-order valence-corrected chi connectivity index (χ2v) is 5.82. The number of benzene rings is 2. The third kappa shape index (κ3) is 3.32. The number of aldehydes is 1. The molecule has 1 heterocycles. The van der Waals surface area contributed by atoms with Gasteiger partial charge in [-0.05, 0) is 48.4 Å². The smallest absolute Gasteiger partial charge is 0.189 e. The lowest BCUT2D eigenvalue weighted by Crippen LogP contribution is -2.04. The number of carbonyl (C=O) groups excluding carboxylic acids is 2. The van der Waals surface area contributed by atoms with E-state index in [-0.39, 0.29) is 17.2 Å². The average Bonchev–Trinajstić information content (AvgIpc) is 2.66. The molecule has 1 N–H and O–H groups in total. The van der Waals surface area contributed by atoms with E-state index < -0.39 is 0 Å². The topological polar surface area (TPSA) is 76.5 Å². The van der Waals surface area contributed by atoms with Crippen molar-refractivity contribution in [3.8, 4) is 11.5 Å². The molecule has 0 unspecified atom stereocenters. The van der Waals surface area contributed by atoms with Crippen LogP contribution in [0.15, 0.2) is 54.1 Å². The fraction of sp³-hybridized carbons (Fsp3) is 0.0952.